The highest BCUT2D eigenvalue weighted by atomic mass is 32.2. The number of aliphatic hydroxyl groups is 1. The van der Waals surface area contributed by atoms with Gasteiger partial charge in [-0.3, -0.25) is 0 Å². The summed E-state index contributed by atoms with van der Waals surface area (Å²) >= 11 is 0. The van der Waals surface area contributed by atoms with E-state index in [1.807, 2.05) is 0 Å². The SMILES string of the molecule is CCC1(CC)CCN(S(=O)(=O)c2cc(CO)n(C)c2)CC1. The van der Waals surface area contributed by atoms with Crippen molar-refractivity contribution in [2.75, 3.05) is 13.1 Å². The highest BCUT2D eigenvalue weighted by molar-refractivity contribution is 7.89. The molecule has 0 aliphatic carbocycles. The molecule has 0 unspecified atom stereocenters. The average Bonchev–Trinajstić information content (AvgIpc) is 2.89. The van der Waals surface area contributed by atoms with Crippen LogP contribution in [-0.2, 0) is 23.7 Å². The van der Waals surface area contributed by atoms with Crippen molar-refractivity contribution in [3.63, 3.8) is 0 Å². The molecule has 2 heterocycles. The van der Waals surface area contributed by atoms with E-state index in [0.717, 1.165) is 25.7 Å². The third-order valence-corrected chi connectivity index (χ3v) is 7.03. The number of aryl methyl sites for hydroxylation is 1. The molecule has 1 fully saturated rings. The second-order valence-electron chi connectivity index (χ2n) is 6.05. The molecule has 1 aliphatic rings. The monoisotopic (exact) mass is 314 g/mol. The number of aliphatic hydroxyl groups excluding tert-OH is 1. The van der Waals surface area contributed by atoms with Crippen LogP contribution in [0.5, 0.6) is 0 Å². The van der Waals surface area contributed by atoms with Crippen molar-refractivity contribution in [2.45, 2.75) is 51.0 Å². The van der Waals surface area contributed by atoms with E-state index < -0.39 is 10.0 Å². The second-order valence-corrected chi connectivity index (χ2v) is 7.99. The van der Waals surface area contributed by atoms with Crippen LogP contribution in [-0.4, -0.2) is 35.5 Å². The van der Waals surface area contributed by atoms with Crippen LogP contribution < -0.4 is 0 Å². The fourth-order valence-corrected chi connectivity index (χ4v) is 4.72. The van der Waals surface area contributed by atoms with Crippen molar-refractivity contribution in [3.05, 3.63) is 18.0 Å². The van der Waals surface area contributed by atoms with Crippen LogP contribution in [0.3, 0.4) is 0 Å². The molecule has 120 valence electrons. The summed E-state index contributed by atoms with van der Waals surface area (Å²) in [5.74, 6) is 0. The number of hydrogen-bond acceptors (Lipinski definition) is 3. The summed E-state index contributed by atoms with van der Waals surface area (Å²) in [5.41, 5.74) is 0.918. The number of nitrogens with zero attached hydrogens (tertiary/aromatic N) is 2. The van der Waals surface area contributed by atoms with Crippen LogP contribution in [0.2, 0.25) is 0 Å². The zero-order valence-corrected chi connectivity index (χ0v) is 14.0. The molecule has 0 amide bonds. The van der Waals surface area contributed by atoms with Crippen LogP contribution in [0.1, 0.15) is 45.2 Å². The maximum Gasteiger partial charge on any atom is 0.244 e. The maximum atomic E-state index is 12.7. The summed E-state index contributed by atoms with van der Waals surface area (Å²) in [6.07, 6.45) is 5.66. The minimum atomic E-state index is -3.44. The van der Waals surface area contributed by atoms with Crippen molar-refractivity contribution in [3.8, 4) is 0 Å². The van der Waals surface area contributed by atoms with Crippen LogP contribution >= 0.6 is 0 Å². The Morgan fingerprint density at radius 3 is 2.24 bits per heavy atom. The Balaban J connectivity index is 2.18. The molecule has 0 saturated carbocycles. The van der Waals surface area contributed by atoms with Crippen LogP contribution in [0, 0.1) is 5.41 Å². The van der Waals surface area contributed by atoms with E-state index in [4.69, 9.17) is 0 Å². The summed E-state index contributed by atoms with van der Waals surface area (Å²) in [7, 11) is -1.69. The predicted molar refractivity (Wildman–Crippen MR) is 82.3 cm³/mol. The van der Waals surface area contributed by atoms with Crippen LogP contribution in [0.4, 0.5) is 0 Å². The Hall–Kier alpha value is -0.850. The molecular weight excluding hydrogens is 288 g/mol. The first-order valence-corrected chi connectivity index (χ1v) is 9.09. The van der Waals surface area contributed by atoms with Crippen molar-refractivity contribution >= 4 is 10.0 Å². The molecule has 6 heteroatoms. The quantitative estimate of drug-likeness (QED) is 0.905. The zero-order chi connectivity index (χ0) is 15.7. The molecule has 1 aromatic heterocycles. The van der Waals surface area contributed by atoms with Gasteiger partial charge < -0.3 is 9.67 Å². The van der Waals surface area contributed by atoms with Gasteiger partial charge in [-0.25, -0.2) is 8.42 Å². The molecule has 0 radical (unpaired) electrons. The van der Waals surface area contributed by atoms with Gasteiger partial charge in [-0.2, -0.15) is 4.31 Å². The van der Waals surface area contributed by atoms with E-state index >= 15 is 0 Å². The zero-order valence-electron chi connectivity index (χ0n) is 13.2. The van der Waals surface area contributed by atoms with E-state index in [9.17, 15) is 13.5 Å². The van der Waals surface area contributed by atoms with Crippen LogP contribution in [0.15, 0.2) is 17.2 Å². The van der Waals surface area contributed by atoms with Gasteiger partial charge in [-0.15, -0.1) is 0 Å². The molecule has 0 aromatic carbocycles. The summed E-state index contributed by atoms with van der Waals surface area (Å²) in [5, 5.41) is 9.21. The Labute approximate surface area is 127 Å². The van der Waals surface area contributed by atoms with E-state index in [1.54, 1.807) is 28.2 Å². The van der Waals surface area contributed by atoms with Gasteiger partial charge in [-0.1, -0.05) is 26.7 Å². The number of hydrogen-bond donors (Lipinski definition) is 1. The molecule has 1 aliphatic heterocycles. The molecule has 0 spiro atoms. The third-order valence-electron chi connectivity index (χ3n) is 5.17. The Kier molecular flexibility index (Phi) is 4.80. The molecule has 1 N–H and O–H groups in total. The molecule has 0 bridgehead atoms. The number of piperidine rings is 1. The Morgan fingerprint density at radius 2 is 1.81 bits per heavy atom. The maximum absolute atomic E-state index is 12.7. The lowest BCUT2D eigenvalue weighted by atomic mass is 9.75. The lowest BCUT2D eigenvalue weighted by molar-refractivity contribution is 0.141. The van der Waals surface area contributed by atoms with E-state index in [-0.39, 0.29) is 11.5 Å². The Morgan fingerprint density at radius 1 is 1.24 bits per heavy atom. The first-order chi connectivity index (χ1) is 9.88. The minimum absolute atomic E-state index is 0.152. The molecular formula is C15H26N2O3S. The van der Waals surface area contributed by atoms with Gasteiger partial charge in [0.25, 0.3) is 0 Å². The van der Waals surface area contributed by atoms with Gasteiger partial charge in [0.2, 0.25) is 10.0 Å². The second kappa shape index (κ2) is 6.10. The first-order valence-electron chi connectivity index (χ1n) is 7.65. The standard InChI is InChI=1S/C15H26N2O3S/c1-4-15(5-2)6-8-17(9-7-15)21(19,20)14-10-13(12-18)16(3)11-14/h10-11,18H,4-9,12H2,1-3H3. The smallest absolute Gasteiger partial charge is 0.244 e. The van der Waals surface area contributed by atoms with Crippen molar-refractivity contribution in [1.82, 2.24) is 8.87 Å². The summed E-state index contributed by atoms with van der Waals surface area (Å²) in [6, 6.07) is 1.57. The molecule has 21 heavy (non-hydrogen) atoms. The fraction of sp³-hybridized carbons (Fsp3) is 0.733. The van der Waals surface area contributed by atoms with Gasteiger partial charge in [0, 0.05) is 32.0 Å². The summed E-state index contributed by atoms with van der Waals surface area (Å²) in [6.45, 7) is 5.41. The third kappa shape index (κ3) is 3.03. The summed E-state index contributed by atoms with van der Waals surface area (Å²) < 4.78 is 28.6. The van der Waals surface area contributed by atoms with Crippen molar-refractivity contribution < 1.29 is 13.5 Å². The molecule has 0 atom stereocenters. The number of sulfonamides is 1. The average molecular weight is 314 g/mol. The molecule has 1 aromatic rings. The topological polar surface area (TPSA) is 62.5 Å². The van der Waals surface area contributed by atoms with E-state index in [0.29, 0.717) is 24.2 Å². The van der Waals surface area contributed by atoms with Gasteiger partial charge in [0.15, 0.2) is 0 Å². The summed E-state index contributed by atoms with van der Waals surface area (Å²) in [4.78, 5) is 0.287. The van der Waals surface area contributed by atoms with Crippen molar-refractivity contribution in [2.24, 2.45) is 12.5 Å². The van der Waals surface area contributed by atoms with Gasteiger partial charge >= 0.3 is 0 Å². The lowest BCUT2D eigenvalue weighted by Gasteiger charge is -2.40. The predicted octanol–water partition coefficient (Wildman–Crippen LogP) is 2.11. The van der Waals surface area contributed by atoms with Crippen LogP contribution in [0.25, 0.3) is 0 Å². The largest absolute Gasteiger partial charge is 0.390 e. The van der Waals surface area contributed by atoms with Gasteiger partial charge in [-0.05, 0) is 24.3 Å². The van der Waals surface area contributed by atoms with Crippen molar-refractivity contribution in [1.29, 1.82) is 0 Å². The fourth-order valence-electron chi connectivity index (χ4n) is 3.18. The highest BCUT2D eigenvalue weighted by Crippen LogP contribution is 2.39. The van der Waals surface area contributed by atoms with E-state index in [2.05, 4.69) is 13.8 Å². The number of aromatic nitrogens is 1. The Bertz CT molecular complexity index is 578. The van der Waals surface area contributed by atoms with E-state index in [1.165, 1.54) is 0 Å². The number of rotatable bonds is 5. The minimum Gasteiger partial charge on any atom is -0.390 e. The molecule has 5 nitrogen and oxygen atoms in total. The van der Waals surface area contributed by atoms with Gasteiger partial charge in [0.1, 0.15) is 4.90 Å². The first kappa shape index (κ1) is 16.5. The molecule has 2 rings (SSSR count). The normalized spacial score (nSPS) is 19.8. The molecule has 1 saturated heterocycles. The highest BCUT2D eigenvalue weighted by Gasteiger charge is 2.36. The van der Waals surface area contributed by atoms with Gasteiger partial charge in [0.05, 0.1) is 6.61 Å². The lowest BCUT2D eigenvalue weighted by Crippen LogP contribution is -2.42.